The van der Waals surface area contributed by atoms with Gasteiger partial charge in [-0.25, -0.2) is 4.79 Å². The molecular formula is C26H34N4O6. The van der Waals surface area contributed by atoms with Gasteiger partial charge in [-0.15, -0.1) is 0 Å². The van der Waals surface area contributed by atoms with E-state index in [1.165, 1.54) is 0 Å². The highest BCUT2D eigenvalue weighted by molar-refractivity contribution is 5.89. The van der Waals surface area contributed by atoms with Gasteiger partial charge < -0.3 is 37.1 Å². The summed E-state index contributed by atoms with van der Waals surface area (Å²) in [5.74, 6) is -3.84. The Hall–Kier alpha value is -2.79. The van der Waals surface area contributed by atoms with Crippen LogP contribution in [0.3, 0.4) is 0 Å². The molecule has 0 aromatic carbocycles. The van der Waals surface area contributed by atoms with Crippen molar-refractivity contribution >= 4 is 17.9 Å². The van der Waals surface area contributed by atoms with Crippen LogP contribution in [0.5, 0.6) is 0 Å². The molecule has 1 saturated heterocycles. The van der Waals surface area contributed by atoms with Crippen LogP contribution >= 0.6 is 0 Å². The van der Waals surface area contributed by atoms with Crippen molar-refractivity contribution in [3.05, 3.63) is 47.6 Å². The van der Waals surface area contributed by atoms with Crippen molar-refractivity contribution in [3.63, 3.8) is 0 Å². The normalized spacial score (nSPS) is 32.5. The van der Waals surface area contributed by atoms with Gasteiger partial charge in [0.1, 0.15) is 23.5 Å². The summed E-state index contributed by atoms with van der Waals surface area (Å²) in [4.78, 5) is 39.1. The van der Waals surface area contributed by atoms with Crippen LogP contribution in [0, 0.1) is 29.6 Å². The van der Waals surface area contributed by atoms with E-state index in [1.807, 2.05) is 18.2 Å². The third kappa shape index (κ3) is 4.21. The summed E-state index contributed by atoms with van der Waals surface area (Å²) in [6.07, 6.45) is 6.18. The number of esters is 3. The Morgan fingerprint density at radius 1 is 1.22 bits per heavy atom. The minimum absolute atomic E-state index is 0.224. The molecule has 3 fully saturated rings. The summed E-state index contributed by atoms with van der Waals surface area (Å²) < 4.78 is 17.2. The van der Waals surface area contributed by atoms with Crippen LogP contribution in [-0.2, 0) is 28.6 Å². The molecule has 194 valence electrons. The largest absolute Gasteiger partial charge is 0.458 e. The molecule has 10 nitrogen and oxygen atoms in total. The highest BCUT2D eigenvalue weighted by Gasteiger charge is 2.70. The zero-order valence-corrected chi connectivity index (χ0v) is 20.5. The topological polar surface area (TPSA) is 183 Å². The van der Waals surface area contributed by atoms with Crippen LogP contribution in [0.2, 0.25) is 0 Å². The van der Waals surface area contributed by atoms with Gasteiger partial charge >= 0.3 is 17.9 Å². The van der Waals surface area contributed by atoms with E-state index in [4.69, 9.17) is 37.1 Å². The molecular weight excluding hydrogens is 464 g/mol. The second-order valence-electron chi connectivity index (χ2n) is 11.1. The molecule has 7 atom stereocenters. The lowest BCUT2D eigenvalue weighted by atomic mass is 9.78. The summed E-state index contributed by atoms with van der Waals surface area (Å²) in [6.45, 7) is 7.43. The third-order valence-corrected chi connectivity index (χ3v) is 7.92. The monoisotopic (exact) mass is 498 g/mol. The molecule has 5 aliphatic rings. The standard InChI is InChI=1S/C26H34N4O6/c1-11(2)10-25(27,28)24(26(29,30)14-6-7-14)36-23(33)18-16-9-15-17(18)22(32)35-20(15)19(16)34-21(31)12(3)8-13-4-5-13/h4-6,10,13,15-20,24H,3,7-9,27-30H2,1-2H3. The van der Waals surface area contributed by atoms with Crippen molar-refractivity contribution in [1.82, 2.24) is 0 Å². The van der Waals surface area contributed by atoms with E-state index in [-0.39, 0.29) is 11.8 Å². The van der Waals surface area contributed by atoms with Gasteiger partial charge in [-0.2, -0.15) is 0 Å². The summed E-state index contributed by atoms with van der Waals surface area (Å²) in [7, 11) is 0. The number of nitrogens with two attached hydrogens (primary N) is 4. The van der Waals surface area contributed by atoms with Crippen LogP contribution in [0.4, 0.5) is 0 Å². The summed E-state index contributed by atoms with van der Waals surface area (Å²) in [5.41, 5.74) is 24.1. The Morgan fingerprint density at radius 2 is 1.89 bits per heavy atom. The fourth-order valence-corrected chi connectivity index (χ4v) is 6.21. The zero-order chi connectivity index (χ0) is 26.2. The van der Waals surface area contributed by atoms with Crippen molar-refractivity contribution in [3.8, 4) is 0 Å². The molecule has 5 rings (SSSR count). The van der Waals surface area contributed by atoms with E-state index in [1.54, 1.807) is 19.9 Å². The van der Waals surface area contributed by atoms with Gasteiger partial charge in [-0.05, 0) is 50.7 Å². The van der Waals surface area contributed by atoms with Gasteiger partial charge in [-0.3, -0.25) is 9.59 Å². The van der Waals surface area contributed by atoms with Gasteiger partial charge in [0.05, 0.1) is 11.8 Å². The number of fused-ring (bicyclic) bond motifs is 1. The number of hydrogen-bond donors (Lipinski definition) is 4. The first-order valence-electron chi connectivity index (χ1n) is 12.3. The molecule has 1 aliphatic heterocycles. The highest BCUT2D eigenvalue weighted by atomic mass is 16.6. The molecule has 0 aromatic rings. The molecule has 0 radical (unpaired) electrons. The molecule has 0 aromatic heterocycles. The number of carbonyl (C=O) groups is 3. The Kier molecular flexibility index (Phi) is 5.79. The number of rotatable bonds is 10. The number of ether oxygens (including phenoxy) is 3. The lowest BCUT2D eigenvalue weighted by Gasteiger charge is -2.41. The van der Waals surface area contributed by atoms with Gasteiger partial charge in [0.25, 0.3) is 0 Å². The first kappa shape index (κ1) is 24.9. The van der Waals surface area contributed by atoms with E-state index in [0.717, 1.165) is 5.57 Å². The maximum absolute atomic E-state index is 13.7. The molecule has 2 bridgehead atoms. The van der Waals surface area contributed by atoms with Gasteiger partial charge in [0.15, 0.2) is 6.10 Å². The van der Waals surface area contributed by atoms with E-state index < -0.39 is 65.3 Å². The minimum Gasteiger partial charge on any atom is -0.458 e. The average molecular weight is 499 g/mol. The van der Waals surface area contributed by atoms with Gasteiger partial charge in [-0.1, -0.05) is 30.4 Å². The number of allylic oxidation sites excluding steroid dienone is 4. The molecule has 0 spiro atoms. The van der Waals surface area contributed by atoms with E-state index in [2.05, 4.69) is 6.58 Å². The molecule has 4 aliphatic carbocycles. The van der Waals surface area contributed by atoms with Crippen LogP contribution in [0.25, 0.3) is 0 Å². The first-order valence-corrected chi connectivity index (χ1v) is 12.3. The van der Waals surface area contributed by atoms with Crippen LogP contribution in [-0.4, -0.2) is 47.5 Å². The maximum atomic E-state index is 13.7. The average Bonchev–Trinajstić information content (AvgIpc) is 3.68. The predicted octanol–water partition coefficient (Wildman–Crippen LogP) is 0.274. The lowest BCUT2D eigenvalue weighted by molar-refractivity contribution is -0.170. The first-order chi connectivity index (χ1) is 16.8. The number of hydrogen-bond acceptors (Lipinski definition) is 10. The van der Waals surface area contributed by atoms with Crippen LogP contribution in [0.15, 0.2) is 47.6 Å². The van der Waals surface area contributed by atoms with Crippen molar-refractivity contribution in [2.24, 2.45) is 52.5 Å². The van der Waals surface area contributed by atoms with Crippen molar-refractivity contribution < 1.29 is 28.6 Å². The van der Waals surface area contributed by atoms with Crippen molar-refractivity contribution in [1.29, 1.82) is 0 Å². The zero-order valence-electron chi connectivity index (χ0n) is 20.5. The predicted molar refractivity (Wildman–Crippen MR) is 129 cm³/mol. The van der Waals surface area contributed by atoms with Crippen molar-refractivity contribution in [2.45, 2.75) is 62.7 Å². The SMILES string of the molecule is C=C(CC1C=C1)C(=O)OC1C2CC3C1OC(=O)C3C2C(=O)OC(C(N)(N)C=C(C)C)C(N)(N)C1=CC1. The molecule has 36 heavy (non-hydrogen) atoms. The Morgan fingerprint density at radius 3 is 2.47 bits per heavy atom. The fraction of sp³-hybridized carbons (Fsp3) is 0.577. The summed E-state index contributed by atoms with van der Waals surface area (Å²) in [5, 5.41) is 0. The summed E-state index contributed by atoms with van der Waals surface area (Å²) >= 11 is 0. The van der Waals surface area contributed by atoms with Gasteiger partial charge in [0.2, 0.25) is 0 Å². The smallest absolute Gasteiger partial charge is 0.333 e. The quantitative estimate of drug-likeness (QED) is 0.107. The Labute approximate surface area is 209 Å². The van der Waals surface area contributed by atoms with E-state index >= 15 is 0 Å². The Balaban J connectivity index is 1.37. The maximum Gasteiger partial charge on any atom is 0.333 e. The van der Waals surface area contributed by atoms with Crippen LogP contribution < -0.4 is 22.9 Å². The number of carbonyl (C=O) groups excluding carboxylic acids is 3. The highest BCUT2D eigenvalue weighted by Crippen LogP contribution is 2.59. The fourth-order valence-electron chi connectivity index (χ4n) is 6.21. The van der Waals surface area contributed by atoms with Crippen molar-refractivity contribution in [2.75, 3.05) is 0 Å². The third-order valence-electron chi connectivity index (χ3n) is 7.92. The molecule has 1 heterocycles. The molecule has 2 saturated carbocycles. The molecule has 7 unspecified atom stereocenters. The molecule has 8 N–H and O–H groups in total. The summed E-state index contributed by atoms with van der Waals surface area (Å²) in [6, 6.07) is 0. The van der Waals surface area contributed by atoms with E-state index in [9.17, 15) is 14.4 Å². The lowest BCUT2D eigenvalue weighted by Crippen LogP contribution is -2.73. The molecule has 0 amide bonds. The van der Waals surface area contributed by atoms with Crippen LogP contribution in [0.1, 0.15) is 33.1 Å². The Bertz CT molecular complexity index is 1110. The van der Waals surface area contributed by atoms with Gasteiger partial charge in [0, 0.05) is 17.4 Å². The molecule has 10 heteroatoms. The second-order valence-corrected chi connectivity index (χ2v) is 11.1. The minimum atomic E-state index is -1.67. The second kappa shape index (κ2) is 8.37. The van der Waals surface area contributed by atoms with E-state index in [0.29, 0.717) is 30.4 Å².